The second-order valence-corrected chi connectivity index (χ2v) is 11.0. The molecule has 0 saturated heterocycles. The van der Waals surface area contributed by atoms with E-state index in [0.29, 0.717) is 18.3 Å². The number of carbonyl (C=O) groups excluding carboxylic acids is 1. The molecule has 0 aromatic carbocycles. The van der Waals surface area contributed by atoms with Gasteiger partial charge in [-0.3, -0.25) is 14.4 Å². The highest BCUT2D eigenvalue weighted by Crippen LogP contribution is 2.26. The van der Waals surface area contributed by atoms with Crippen LogP contribution in [0.5, 0.6) is 0 Å². The maximum absolute atomic E-state index is 11.1. The zero-order valence-electron chi connectivity index (χ0n) is 32.2. The van der Waals surface area contributed by atoms with Crippen molar-refractivity contribution in [1.82, 2.24) is 0 Å². The summed E-state index contributed by atoms with van der Waals surface area (Å²) in [5, 5.41) is 32.6. The van der Waals surface area contributed by atoms with Crippen LogP contribution in [0.4, 0.5) is 0 Å². The zero-order chi connectivity index (χ0) is 42.0. The molecule has 4 N–H and O–H groups in total. The number of aliphatic carboxylic acids is 4. The molecule has 0 aromatic rings. The molecule has 0 heterocycles. The second-order valence-electron chi connectivity index (χ2n) is 11.0. The van der Waals surface area contributed by atoms with Crippen LogP contribution in [0, 0.1) is 29.6 Å². The Morgan fingerprint density at radius 3 is 1.15 bits per heavy atom. The highest BCUT2D eigenvalue weighted by atomic mass is 16.5. The van der Waals surface area contributed by atoms with Gasteiger partial charge in [0.2, 0.25) is 0 Å². The smallest absolute Gasteiger partial charge is 0.327 e. The number of carboxylic acids is 4. The SMILES string of the molecule is C/C=C/C(=O)O.C=CC(=O)O.C=CC=C.C=CC=C.C=CC=C.CC1CC=CCC1C(=O)O.COC(=O)C1CC=CCC1C.O=C(O)C1CC=CCC1. The lowest BCUT2D eigenvalue weighted by atomic mass is 9.84. The Hall–Kier alpha value is -5.51. The van der Waals surface area contributed by atoms with E-state index in [0.717, 1.165) is 50.7 Å². The summed E-state index contributed by atoms with van der Waals surface area (Å²) in [6.45, 7) is 28.9. The maximum Gasteiger partial charge on any atom is 0.327 e. The molecule has 3 aliphatic rings. The standard InChI is InChI=1S/C9H14O2.C8H12O2.C7H10O2.C4H6O2.3C4H6.C3H4O2/c1-7-5-3-4-6-8(7)9(10)11-2;1-6-4-2-3-5-7(6)8(9)10;8-7(9)6-4-2-1-3-5-6;1-2-3-4(5)6;3*1-3-4-2;1-2-3(4)5/h3-4,7-8H,5-6H2,1-2H3;2-3,6-7H,4-5H2,1H3,(H,9,10);1-2,6H,3-5H2,(H,8,9);2-3H,1H3,(H,5,6);3*3-4H,1-2H2;2H,1H2,(H,4,5)/b;;;3-2+;;;;. The van der Waals surface area contributed by atoms with E-state index in [9.17, 15) is 24.0 Å². The molecule has 10 heteroatoms. The molecule has 0 radical (unpaired) electrons. The first kappa shape index (κ1) is 56.9. The first-order chi connectivity index (χ1) is 25.1. The second kappa shape index (κ2) is 42.7. The van der Waals surface area contributed by atoms with Crippen LogP contribution in [-0.4, -0.2) is 57.4 Å². The molecule has 0 saturated carbocycles. The van der Waals surface area contributed by atoms with Crippen molar-refractivity contribution < 1.29 is 49.1 Å². The predicted molar refractivity (Wildman–Crippen MR) is 217 cm³/mol. The molecule has 0 amide bonds. The predicted octanol–water partition coefficient (Wildman–Crippen LogP) is 9.84. The molecule has 0 fully saturated rings. The van der Waals surface area contributed by atoms with E-state index in [1.807, 2.05) is 25.2 Å². The Morgan fingerprint density at radius 1 is 0.585 bits per heavy atom. The van der Waals surface area contributed by atoms with Crippen LogP contribution in [0.3, 0.4) is 0 Å². The third-order valence-electron chi connectivity index (χ3n) is 6.93. The van der Waals surface area contributed by atoms with E-state index in [2.05, 4.69) is 75.9 Å². The van der Waals surface area contributed by atoms with Gasteiger partial charge in [-0.1, -0.05) is 139 Å². The summed E-state index contributed by atoms with van der Waals surface area (Å²) >= 11 is 0. The number of carbonyl (C=O) groups is 5. The van der Waals surface area contributed by atoms with Gasteiger partial charge in [0, 0.05) is 12.2 Å². The van der Waals surface area contributed by atoms with Crippen LogP contribution < -0.4 is 0 Å². The van der Waals surface area contributed by atoms with E-state index in [1.54, 1.807) is 43.4 Å². The van der Waals surface area contributed by atoms with Crippen LogP contribution in [0.1, 0.15) is 65.7 Å². The van der Waals surface area contributed by atoms with Crippen molar-refractivity contribution in [3.63, 3.8) is 0 Å². The third kappa shape index (κ3) is 42.6. The van der Waals surface area contributed by atoms with Crippen molar-refractivity contribution in [3.05, 3.63) is 137 Å². The van der Waals surface area contributed by atoms with Gasteiger partial charge in [0.25, 0.3) is 0 Å². The number of allylic oxidation sites excluding steroid dienone is 13. The number of carboxylic acid groups (broad SMARTS) is 4. The minimum absolute atomic E-state index is 0.0677. The van der Waals surface area contributed by atoms with Gasteiger partial charge < -0.3 is 25.2 Å². The molecule has 0 aliphatic heterocycles. The van der Waals surface area contributed by atoms with Gasteiger partial charge in [0.15, 0.2) is 0 Å². The Balaban J connectivity index is -0.000000172. The highest BCUT2D eigenvalue weighted by Gasteiger charge is 2.26. The van der Waals surface area contributed by atoms with Crippen molar-refractivity contribution in [2.75, 3.05) is 7.11 Å². The molecule has 0 spiro atoms. The largest absolute Gasteiger partial charge is 0.481 e. The van der Waals surface area contributed by atoms with Crippen LogP contribution in [0.2, 0.25) is 0 Å². The molecule has 10 nitrogen and oxygen atoms in total. The fraction of sp³-hybridized carbons (Fsp3) is 0.372. The van der Waals surface area contributed by atoms with E-state index >= 15 is 0 Å². The van der Waals surface area contributed by atoms with Crippen molar-refractivity contribution in [2.24, 2.45) is 29.6 Å². The summed E-state index contributed by atoms with van der Waals surface area (Å²) in [6, 6.07) is 0. The molecule has 5 atom stereocenters. The normalized spacial score (nSPS) is 19.5. The van der Waals surface area contributed by atoms with Gasteiger partial charge in [0.05, 0.1) is 24.9 Å². The first-order valence-corrected chi connectivity index (χ1v) is 17.0. The molecule has 53 heavy (non-hydrogen) atoms. The number of ether oxygens (including phenoxy) is 1. The fourth-order valence-electron chi connectivity index (χ4n) is 3.89. The van der Waals surface area contributed by atoms with Crippen LogP contribution in [0.15, 0.2) is 137 Å². The fourth-order valence-corrected chi connectivity index (χ4v) is 3.89. The summed E-state index contributed by atoms with van der Waals surface area (Å²) in [5.74, 6) is -2.68. The topological polar surface area (TPSA) is 175 Å². The molecule has 3 rings (SSSR count). The van der Waals surface area contributed by atoms with Gasteiger partial charge >= 0.3 is 29.8 Å². The van der Waals surface area contributed by atoms with Crippen molar-refractivity contribution in [2.45, 2.75) is 65.7 Å². The van der Waals surface area contributed by atoms with Gasteiger partial charge in [-0.05, 0) is 63.7 Å². The Kier molecular flexibility index (Phi) is 45.8. The number of hydrogen-bond donors (Lipinski definition) is 4. The Labute approximate surface area is 318 Å². The van der Waals surface area contributed by atoms with E-state index in [-0.39, 0.29) is 23.7 Å². The van der Waals surface area contributed by atoms with Gasteiger partial charge in [0.1, 0.15) is 0 Å². The number of methoxy groups -OCH3 is 1. The quantitative estimate of drug-likeness (QED) is 0.0811. The van der Waals surface area contributed by atoms with E-state index in [1.165, 1.54) is 13.2 Å². The first-order valence-electron chi connectivity index (χ1n) is 17.0. The average Bonchev–Trinajstić information content (AvgIpc) is 3.16. The van der Waals surface area contributed by atoms with E-state index in [4.69, 9.17) is 20.4 Å². The van der Waals surface area contributed by atoms with E-state index < -0.39 is 23.9 Å². The molecule has 0 bridgehead atoms. The number of rotatable bonds is 8. The van der Waals surface area contributed by atoms with Gasteiger partial charge in [-0.2, -0.15) is 0 Å². The maximum atomic E-state index is 11.1. The summed E-state index contributed by atoms with van der Waals surface area (Å²) in [6.07, 6.45) is 31.3. The summed E-state index contributed by atoms with van der Waals surface area (Å²) in [5.41, 5.74) is 0. The lowest BCUT2D eigenvalue weighted by Crippen LogP contribution is -2.24. The Morgan fingerprint density at radius 2 is 0.962 bits per heavy atom. The summed E-state index contributed by atoms with van der Waals surface area (Å²) in [4.78, 5) is 50.7. The lowest BCUT2D eigenvalue weighted by molar-refractivity contribution is -0.147. The zero-order valence-corrected chi connectivity index (χ0v) is 32.2. The van der Waals surface area contributed by atoms with Crippen molar-refractivity contribution in [1.29, 1.82) is 0 Å². The monoisotopic (exact) mass is 740 g/mol. The molecule has 296 valence electrons. The van der Waals surface area contributed by atoms with Gasteiger partial charge in [-0.15, -0.1) is 0 Å². The van der Waals surface area contributed by atoms with Crippen molar-refractivity contribution in [3.8, 4) is 0 Å². The average molecular weight is 741 g/mol. The molecule has 5 unspecified atom stereocenters. The van der Waals surface area contributed by atoms with Crippen LogP contribution in [0.25, 0.3) is 0 Å². The number of hydrogen-bond acceptors (Lipinski definition) is 6. The number of esters is 1. The third-order valence-corrected chi connectivity index (χ3v) is 6.93. The molecule has 3 aliphatic carbocycles. The Bertz CT molecular complexity index is 1170. The molecular weight excluding hydrogens is 676 g/mol. The summed E-state index contributed by atoms with van der Waals surface area (Å²) < 4.78 is 4.69. The van der Waals surface area contributed by atoms with Crippen LogP contribution >= 0.6 is 0 Å². The van der Waals surface area contributed by atoms with Crippen molar-refractivity contribution >= 4 is 29.8 Å². The molecule has 0 aromatic heterocycles. The lowest BCUT2D eigenvalue weighted by Gasteiger charge is -2.22. The highest BCUT2D eigenvalue weighted by molar-refractivity contribution is 5.79. The van der Waals surface area contributed by atoms with Crippen LogP contribution in [-0.2, 0) is 28.7 Å². The minimum atomic E-state index is -0.981. The molecular formula is C43H64O10. The summed E-state index contributed by atoms with van der Waals surface area (Å²) in [7, 11) is 1.45. The van der Waals surface area contributed by atoms with Gasteiger partial charge in [-0.25, -0.2) is 9.59 Å². The minimum Gasteiger partial charge on any atom is -0.481 e.